The van der Waals surface area contributed by atoms with Crippen molar-refractivity contribution >= 4 is 41.3 Å². The van der Waals surface area contributed by atoms with Crippen molar-refractivity contribution in [2.75, 3.05) is 13.6 Å². The molecule has 1 aromatic carbocycles. The van der Waals surface area contributed by atoms with Crippen LogP contribution in [-0.4, -0.2) is 19.6 Å². The Morgan fingerprint density at radius 3 is 2.52 bits per heavy atom. The number of hydrogen-bond acceptors (Lipinski definition) is 2. The first-order valence-electron chi connectivity index (χ1n) is 7.68. The highest BCUT2D eigenvalue weighted by Crippen LogP contribution is 2.20. The smallest absolute Gasteiger partial charge is 0.191 e. The molecule has 0 aliphatic rings. The van der Waals surface area contributed by atoms with Gasteiger partial charge in [0.05, 0.1) is 6.04 Å². The molecule has 0 amide bonds. The molecule has 0 aliphatic carbocycles. The zero-order chi connectivity index (χ0) is 15.9. The van der Waals surface area contributed by atoms with Crippen molar-refractivity contribution in [2.45, 2.75) is 32.7 Å². The number of guanidine groups is 1. The van der Waals surface area contributed by atoms with Gasteiger partial charge >= 0.3 is 0 Å². The van der Waals surface area contributed by atoms with Crippen LogP contribution in [0.3, 0.4) is 0 Å². The zero-order valence-electron chi connectivity index (χ0n) is 14.2. The molecule has 2 aromatic rings. The number of nitrogens with zero attached hydrogens (tertiary/aromatic N) is 1. The lowest BCUT2D eigenvalue weighted by atomic mass is 10.0. The predicted molar refractivity (Wildman–Crippen MR) is 112 cm³/mol. The van der Waals surface area contributed by atoms with E-state index < -0.39 is 0 Å². The van der Waals surface area contributed by atoms with Crippen LogP contribution in [0.15, 0.2) is 46.8 Å². The highest BCUT2D eigenvalue weighted by Gasteiger charge is 2.11. The van der Waals surface area contributed by atoms with Crippen molar-refractivity contribution in [3.8, 4) is 0 Å². The molecule has 2 N–H and O–H groups in total. The summed E-state index contributed by atoms with van der Waals surface area (Å²) in [7, 11) is 1.82. The van der Waals surface area contributed by atoms with Crippen molar-refractivity contribution in [2.24, 2.45) is 4.99 Å². The number of hydrogen-bond donors (Lipinski definition) is 2. The lowest BCUT2D eigenvalue weighted by Crippen LogP contribution is -2.40. The summed E-state index contributed by atoms with van der Waals surface area (Å²) >= 11 is 1.80. The van der Waals surface area contributed by atoms with Gasteiger partial charge in [0.2, 0.25) is 0 Å². The Labute approximate surface area is 160 Å². The molecule has 0 saturated carbocycles. The Hall–Kier alpha value is -1.08. The molecule has 2 unspecified atom stereocenters. The van der Waals surface area contributed by atoms with E-state index in [0.717, 1.165) is 12.5 Å². The number of rotatable bonds is 5. The highest BCUT2D eigenvalue weighted by molar-refractivity contribution is 14.0. The fourth-order valence-corrected chi connectivity index (χ4v) is 3.26. The lowest BCUT2D eigenvalue weighted by Gasteiger charge is -2.21. The summed E-state index contributed by atoms with van der Waals surface area (Å²) in [5, 5.41) is 9.01. The zero-order valence-corrected chi connectivity index (χ0v) is 17.3. The number of thiophene rings is 1. The van der Waals surface area contributed by atoms with Gasteiger partial charge in [0.1, 0.15) is 0 Å². The standard InChI is InChI=1S/C18H25N3S.HI/c1-13-8-5-6-9-16(13)15(3)21-18(19-4)20-12-14(2)17-10-7-11-22-17;/h5-11,14-15H,12H2,1-4H3,(H2,19,20,21);1H. The third-order valence-electron chi connectivity index (χ3n) is 3.84. The van der Waals surface area contributed by atoms with Crippen LogP contribution in [0.2, 0.25) is 0 Å². The molecule has 0 fully saturated rings. The fourth-order valence-electron chi connectivity index (χ4n) is 2.47. The van der Waals surface area contributed by atoms with Gasteiger partial charge in [-0.1, -0.05) is 37.3 Å². The molecule has 0 bridgehead atoms. The van der Waals surface area contributed by atoms with E-state index >= 15 is 0 Å². The van der Waals surface area contributed by atoms with Crippen molar-refractivity contribution in [3.63, 3.8) is 0 Å². The van der Waals surface area contributed by atoms with Gasteiger partial charge in [-0.2, -0.15) is 0 Å². The molecule has 126 valence electrons. The fraction of sp³-hybridized carbons (Fsp3) is 0.389. The second-order valence-electron chi connectivity index (χ2n) is 5.59. The van der Waals surface area contributed by atoms with E-state index in [0.29, 0.717) is 5.92 Å². The maximum atomic E-state index is 4.33. The van der Waals surface area contributed by atoms with Gasteiger partial charge in [-0.15, -0.1) is 35.3 Å². The minimum Gasteiger partial charge on any atom is -0.356 e. The minimum absolute atomic E-state index is 0. The maximum absolute atomic E-state index is 4.33. The monoisotopic (exact) mass is 443 g/mol. The highest BCUT2D eigenvalue weighted by atomic mass is 127. The molecule has 0 aliphatic heterocycles. The van der Waals surface area contributed by atoms with Gasteiger partial charge in [0.15, 0.2) is 5.96 Å². The summed E-state index contributed by atoms with van der Waals surface area (Å²) < 4.78 is 0. The molecular weight excluding hydrogens is 417 g/mol. The maximum Gasteiger partial charge on any atom is 0.191 e. The molecule has 3 nitrogen and oxygen atoms in total. The summed E-state index contributed by atoms with van der Waals surface area (Å²) in [4.78, 5) is 5.73. The molecule has 1 heterocycles. The summed E-state index contributed by atoms with van der Waals surface area (Å²) in [6.45, 7) is 7.41. The first-order chi connectivity index (χ1) is 10.6. The molecule has 0 saturated heterocycles. The first-order valence-corrected chi connectivity index (χ1v) is 8.56. The Morgan fingerprint density at radius 2 is 1.91 bits per heavy atom. The third-order valence-corrected chi connectivity index (χ3v) is 4.94. The van der Waals surface area contributed by atoms with E-state index in [4.69, 9.17) is 0 Å². The summed E-state index contributed by atoms with van der Waals surface area (Å²) in [5.41, 5.74) is 2.60. The molecular formula is C18H26IN3S. The molecule has 5 heteroatoms. The van der Waals surface area contributed by atoms with Gasteiger partial charge in [0.25, 0.3) is 0 Å². The van der Waals surface area contributed by atoms with Gasteiger partial charge < -0.3 is 10.6 Å². The summed E-state index contributed by atoms with van der Waals surface area (Å²) in [5.74, 6) is 1.33. The van der Waals surface area contributed by atoms with E-state index in [1.807, 2.05) is 7.05 Å². The second-order valence-corrected chi connectivity index (χ2v) is 6.57. The number of aliphatic imine (C=N–C) groups is 1. The van der Waals surface area contributed by atoms with E-state index in [2.05, 4.69) is 78.2 Å². The largest absolute Gasteiger partial charge is 0.356 e. The molecule has 2 atom stereocenters. The summed E-state index contributed by atoms with van der Waals surface area (Å²) in [6.07, 6.45) is 0. The van der Waals surface area contributed by atoms with E-state index in [1.165, 1.54) is 16.0 Å². The molecule has 1 aromatic heterocycles. The predicted octanol–water partition coefficient (Wildman–Crippen LogP) is 4.70. The van der Waals surface area contributed by atoms with Crippen LogP contribution in [0.1, 0.15) is 41.8 Å². The second kappa shape index (κ2) is 9.93. The van der Waals surface area contributed by atoms with Gasteiger partial charge in [0, 0.05) is 24.4 Å². The first kappa shape index (κ1) is 20.0. The Morgan fingerprint density at radius 1 is 1.17 bits per heavy atom. The topological polar surface area (TPSA) is 36.4 Å². The quantitative estimate of drug-likeness (QED) is 0.399. The third kappa shape index (κ3) is 5.80. The van der Waals surface area contributed by atoms with Crippen LogP contribution < -0.4 is 10.6 Å². The van der Waals surface area contributed by atoms with Gasteiger partial charge in [-0.3, -0.25) is 4.99 Å². The van der Waals surface area contributed by atoms with Crippen LogP contribution in [0, 0.1) is 6.92 Å². The van der Waals surface area contributed by atoms with Crippen LogP contribution in [0.5, 0.6) is 0 Å². The molecule has 23 heavy (non-hydrogen) atoms. The van der Waals surface area contributed by atoms with Crippen molar-refractivity contribution < 1.29 is 0 Å². The van der Waals surface area contributed by atoms with Crippen molar-refractivity contribution in [1.82, 2.24) is 10.6 Å². The van der Waals surface area contributed by atoms with Crippen LogP contribution in [0.4, 0.5) is 0 Å². The molecule has 0 radical (unpaired) electrons. The number of benzene rings is 1. The van der Waals surface area contributed by atoms with E-state index in [1.54, 1.807) is 11.3 Å². The van der Waals surface area contributed by atoms with Crippen molar-refractivity contribution in [3.05, 3.63) is 57.8 Å². The van der Waals surface area contributed by atoms with E-state index in [-0.39, 0.29) is 30.0 Å². The van der Waals surface area contributed by atoms with E-state index in [9.17, 15) is 0 Å². The van der Waals surface area contributed by atoms with Gasteiger partial charge in [-0.25, -0.2) is 0 Å². The Bertz CT molecular complexity index is 610. The summed E-state index contributed by atoms with van der Waals surface area (Å²) in [6, 6.07) is 13.0. The van der Waals surface area contributed by atoms with Gasteiger partial charge in [-0.05, 0) is 36.4 Å². The SMILES string of the molecule is CN=C(NCC(C)c1cccs1)NC(C)c1ccccc1C.I. The van der Waals surface area contributed by atoms with Crippen molar-refractivity contribution in [1.29, 1.82) is 0 Å². The number of aryl methyl sites for hydroxylation is 1. The minimum atomic E-state index is 0. The Kier molecular flexibility index (Phi) is 8.62. The number of nitrogens with one attached hydrogen (secondary N) is 2. The molecule has 2 rings (SSSR count). The van der Waals surface area contributed by atoms with Crippen LogP contribution in [-0.2, 0) is 0 Å². The van der Waals surface area contributed by atoms with Crippen LogP contribution >= 0.6 is 35.3 Å². The average Bonchev–Trinajstić information content (AvgIpc) is 3.05. The lowest BCUT2D eigenvalue weighted by molar-refractivity contribution is 0.659. The van der Waals surface area contributed by atoms with Crippen LogP contribution in [0.25, 0.3) is 0 Å². The molecule has 0 spiro atoms. The Balaban J connectivity index is 0.00000264. The normalized spacial score (nSPS) is 13.8. The number of halogens is 1. The average molecular weight is 443 g/mol.